The van der Waals surface area contributed by atoms with E-state index in [0.29, 0.717) is 31.1 Å². The van der Waals surface area contributed by atoms with Crippen LogP contribution in [-0.2, 0) is 25.8 Å². The van der Waals surface area contributed by atoms with Gasteiger partial charge in [0.1, 0.15) is 11.6 Å². The molecule has 0 radical (unpaired) electrons. The largest absolute Gasteiger partial charge is 0.416 e. The highest BCUT2D eigenvalue weighted by Gasteiger charge is 2.29. The number of alkyl halides is 3. The molecule has 0 aliphatic rings. The van der Waals surface area contributed by atoms with Crippen molar-refractivity contribution in [3.8, 4) is 0 Å². The summed E-state index contributed by atoms with van der Waals surface area (Å²) in [5.41, 5.74) is 1.33. The number of hydrogen-bond donors (Lipinski definition) is 0. The first-order valence-corrected chi connectivity index (χ1v) is 10.6. The highest BCUT2D eigenvalue weighted by atomic mass is 19.4. The Bertz CT molecular complexity index is 1010. The van der Waals surface area contributed by atoms with Crippen molar-refractivity contribution in [2.45, 2.75) is 46.1 Å². The molecule has 172 valence electrons. The van der Waals surface area contributed by atoms with Crippen molar-refractivity contribution >= 4 is 0 Å². The van der Waals surface area contributed by atoms with Gasteiger partial charge in [-0.05, 0) is 66.9 Å². The molecule has 1 aromatic heterocycles. The summed E-state index contributed by atoms with van der Waals surface area (Å²) in [7, 11) is 0. The van der Waals surface area contributed by atoms with Crippen LogP contribution in [0.1, 0.15) is 42.7 Å². The van der Waals surface area contributed by atoms with Crippen LogP contribution in [-0.4, -0.2) is 16.0 Å². The summed E-state index contributed by atoms with van der Waals surface area (Å²) in [6.07, 6.45) is -1.59. The van der Waals surface area contributed by atoms with E-state index in [1.54, 1.807) is 0 Å². The van der Waals surface area contributed by atoms with Crippen molar-refractivity contribution in [3.05, 3.63) is 94.8 Å². The lowest BCUT2D eigenvalue weighted by atomic mass is 10.1. The van der Waals surface area contributed by atoms with Gasteiger partial charge >= 0.3 is 6.18 Å². The summed E-state index contributed by atoms with van der Waals surface area (Å²) in [4.78, 5) is 2.07. The lowest BCUT2D eigenvalue weighted by molar-refractivity contribution is -0.137. The second-order valence-electron chi connectivity index (χ2n) is 8.45. The van der Waals surface area contributed by atoms with Crippen LogP contribution < -0.4 is 0 Å². The van der Waals surface area contributed by atoms with Gasteiger partial charge in [-0.2, -0.15) is 13.2 Å². The Morgan fingerprint density at radius 3 is 2.31 bits per heavy atom. The highest BCUT2D eigenvalue weighted by Crippen LogP contribution is 2.29. The van der Waals surface area contributed by atoms with Crippen molar-refractivity contribution in [2.24, 2.45) is 5.92 Å². The van der Waals surface area contributed by atoms with Crippen LogP contribution >= 0.6 is 0 Å². The molecule has 0 spiro atoms. The minimum Gasteiger partial charge on any atom is -0.346 e. The number of aromatic nitrogens is 1. The fourth-order valence-corrected chi connectivity index (χ4v) is 3.53. The molecule has 3 rings (SSSR count). The average molecular weight is 450 g/mol. The van der Waals surface area contributed by atoms with Gasteiger partial charge in [-0.25, -0.2) is 8.78 Å². The molecule has 0 atom stereocenters. The molecule has 3 aromatic rings. The van der Waals surface area contributed by atoms with Gasteiger partial charge in [-0.15, -0.1) is 0 Å². The van der Waals surface area contributed by atoms with Crippen LogP contribution in [0.2, 0.25) is 0 Å². The Hall–Kier alpha value is -2.67. The van der Waals surface area contributed by atoms with E-state index in [0.717, 1.165) is 41.9 Å². The molecule has 2 aromatic carbocycles. The number of halogens is 5. The molecule has 0 unspecified atom stereocenters. The predicted octanol–water partition coefficient (Wildman–Crippen LogP) is 6.88. The molecule has 32 heavy (non-hydrogen) atoms. The molecule has 2 nitrogen and oxygen atoms in total. The predicted molar refractivity (Wildman–Crippen MR) is 115 cm³/mol. The second-order valence-corrected chi connectivity index (χ2v) is 8.45. The molecule has 0 aliphatic heterocycles. The Morgan fingerprint density at radius 1 is 0.938 bits per heavy atom. The Kier molecular flexibility index (Phi) is 7.72. The zero-order valence-electron chi connectivity index (χ0n) is 18.2. The summed E-state index contributed by atoms with van der Waals surface area (Å²) in [6.45, 7) is 6.12. The van der Waals surface area contributed by atoms with Gasteiger partial charge in [0.15, 0.2) is 0 Å². The minimum atomic E-state index is -4.36. The van der Waals surface area contributed by atoms with Gasteiger partial charge < -0.3 is 4.57 Å². The Balaban J connectivity index is 1.75. The quantitative estimate of drug-likeness (QED) is 0.323. The standard InChI is InChI=1S/C25H27F5N2/c1-18(2)11-13-31(16-20-14-22(26)9-10-24(20)27)17-23-4-3-12-32(23)15-19-5-7-21(8-6-19)25(28,29)30/h3-10,12,14,18H,11,13,15-17H2,1-2H3. The Labute approximate surface area is 185 Å². The first-order chi connectivity index (χ1) is 15.1. The zero-order valence-corrected chi connectivity index (χ0v) is 18.2. The van der Waals surface area contributed by atoms with E-state index in [2.05, 4.69) is 18.7 Å². The van der Waals surface area contributed by atoms with Crippen molar-refractivity contribution in [1.82, 2.24) is 9.47 Å². The van der Waals surface area contributed by atoms with E-state index in [1.165, 1.54) is 18.2 Å². The fraction of sp³-hybridized carbons (Fsp3) is 0.360. The van der Waals surface area contributed by atoms with E-state index in [9.17, 15) is 22.0 Å². The molecule has 0 saturated carbocycles. The lowest BCUT2D eigenvalue weighted by Crippen LogP contribution is -2.27. The molecule has 0 amide bonds. The van der Waals surface area contributed by atoms with Gasteiger partial charge in [0.05, 0.1) is 5.56 Å². The van der Waals surface area contributed by atoms with Crippen molar-refractivity contribution < 1.29 is 22.0 Å². The average Bonchev–Trinajstić information content (AvgIpc) is 3.15. The molecular weight excluding hydrogens is 423 g/mol. The van der Waals surface area contributed by atoms with Crippen LogP contribution in [0, 0.1) is 17.6 Å². The van der Waals surface area contributed by atoms with E-state index >= 15 is 0 Å². The maximum Gasteiger partial charge on any atom is 0.416 e. The van der Waals surface area contributed by atoms with E-state index in [1.807, 2.05) is 22.9 Å². The smallest absolute Gasteiger partial charge is 0.346 e. The topological polar surface area (TPSA) is 8.17 Å². The van der Waals surface area contributed by atoms with Crippen LogP contribution in [0.15, 0.2) is 60.8 Å². The van der Waals surface area contributed by atoms with Gasteiger partial charge in [0, 0.05) is 37.1 Å². The number of rotatable bonds is 9. The zero-order chi connectivity index (χ0) is 23.3. The van der Waals surface area contributed by atoms with E-state index in [4.69, 9.17) is 0 Å². The molecule has 0 bridgehead atoms. The minimum absolute atomic E-state index is 0.266. The van der Waals surface area contributed by atoms with Crippen LogP contribution in [0.25, 0.3) is 0 Å². The summed E-state index contributed by atoms with van der Waals surface area (Å²) in [6, 6.07) is 12.4. The molecule has 0 N–H and O–H groups in total. The summed E-state index contributed by atoms with van der Waals surface area (Å²) < 4.78 is 68.2. The lowest BCUT2D eigenvalue weighted by Gasteiger charge is -2.24. The third-order valence-corrected chi connectivity index (χ3v) is 5.37. The van der Waals surface area contributed by atoms with Gasteiger partial charge in [0.25, 0.3) is 0 Å². The first-order valence-electron chi connectivity index (χ1n) is 10.6. The summed E-state index contributed by atoms with van der Waals surface area (Å²) >= 11 is 0. The van der Waals surface area contributed by atoms with E-state index in [-0.39, 0.29) is 6.54 Å². The molecule has 0 fully saturated rings. The Morgan fingerprint density at radius 2 is 1.66 bits per heavy atom. The molecule has 1 heterocycles. The monoisotopic (exact) mass is 450 g/mol. The van der Waals surface area contributed by atoms with Gasteiger partial charge in [0.2, 0.25) is 0 Å². The summed E-state index contributed by atoms with van der Waals surface area (Å²) in [5, 5.41) is 0. The third-order valence-electron chi connectivity index (χ3n) is 5.37. The number of benzene rings is 2. The first kappa shape index (κ1) is 24.0. The fourth-order valence-electron chi connectivity index (χ4n) is 3.53. The molecule has 0 saturated heterocycles. The summed E-state index contributed by atoms with van der Waals surface area (Å²) in [5.74, 6) is -0.467. The van der Waals surface area contributed by atoms with Crippen LogP contribution in [0.3, 0.4) is 0 Å². The SMILES string of the molecule is CC(C)CCN(Cc1cc(F)ccc1F)Cc1cccn1Cc1ccc(C(F)(F)F)cc1. The number of hydrogen-bond acceptors (Lipinski definition) is 1. The maximum atomic E-state index is 14.2. The van der Waals surface area contributed by atoms with Crippen molar-refractivity contribution in [3.63, 3.8) is 0 Å². The van der Waals surface area contributed by atoms with Crippen LogP contribution in [0.5, 0.6) is 0 Å². The van der Waals surface area contributed by atoms with Crippen molar-refractivity contribution in [1.29, 1.82) is 0 Å². The van der Waals surface area contributed by atoms with Gasteiger partial charge in [-0.3, -0.25) is 4.90 Å². The second kappa shape index (κ2) is 10.3. The van der Waals surface area contributed by atoms with Gasteiger partial charge in [-0.1, -0.05) is 26.0 Å². The highest BCUT2D eigenvalue weighted by molar-refractivity contribution is 5.25. The van der Waals surface area contributed by atoms with E-state index < -0.39 is 23.4 Å². The molecule has 7 heteroatoms. The normalized spacial score (nSPS) is 12.2. The molecular formula is C25H27F5N2. The number of nitrogens with zero attached hydrogens (tertiary/aromatic N) is 2. The molecule has 0 aliphatic carbocycles. The third kappa shape index (κ3) is 6.66. The van der Waals surface area contributed by atoms with Crippen molar-refractivity contribution in [2.75, 3.05) is 6.54 Å². The van der Waals surface area contributed by atoms with Crippen LogP contribution in [0.4, 0.5) is 22.0 Å². The maximum absolute atomic E-state index is 14.2.